The van der Waals surface area contributed by atoms with Crippen molar-refractivity contribution in [2.75, 3.05) is 5.32 Å². The third-order valence-corrected chi connectivity index (χ3v) is 3.29. The first-order valence-electron chi connectivity index (χ1n) is 5.77. The third-order valence-electron chi connectivity index (χ3n) is 2.76. The fourth-order valence-corrected chi connectivity index (χ4v) is 1.90. The van der Waals surface area contributed by atoms with Crippen LogP contribution in [0, 0.1) is 0 Å². The number of halogens is 2. The second-order valence-corrected chi connectivity index (χ2v) is 5.16. The number of hydrogen-bond acceptors (Lipinski definition) is 3. The Bertz CT molecular complexity index is 565. The predicted octanol–water partition coefficient (Wildman–Crippen LogP) is 4.02. The molecule has 1 saturated carbocycles. The molecule has 1 N–H and O–H groups in total. The summed E-state index contributed by atoms with van der Waals surface area (Å²) < 4.78 is 0. The standard InChI is InChI=1S/C13H11Cl2N3/c14-9-3-1-8(2-4-9)12-16-7-11(15)13(18-12)17-10-5-6-10/h1-4,7,10H,5-6H2,(H,16,17,18). The van der Waals surface area contributed by atoms with Crippen molar-refractivity contribution in [1.29, 1.82) is 0 Å². The fraction of sp³-hybridized carbons (Fsp3) is 0.231. The Labute approximate surface area is 115 Å². The van der Waals surface area contributed by atoms with Gasteiger partial charge in [-0.3, -0.25) is 0 Å². The molecular weight excluding hydrogens is 269 g/mol. The van der Waals surface area contributed by atoms with Gasteiger partial charge in [-0.25, -0.2) is 9.97 Å². The number of rotatable bonds is 3. The van der Waals surface area contributed by atoms with Gasteiger partial charge in [0.2, 0.25) is 0 Å². The Balaban J connectivity index is 1.93. The normalized spacial score (nSPS) is 14.6. The van der Waals surface area contributed by atoms with E-state index in [0.717, 1.165) is 5.56 Å². The van der Waals surface area contributed by atoms with Crippen molar-refractivity contribution < 1.29 is 0 Å². The molecule has 92 valence electrons. The van der Waals surface area contributed by atoms with E-state index in [4.69, 9.17) is 23.2 Å². The van der Waals surface area contributed by atoms with Crippen LogP contribution in [0.4, 0.5) is 5.82 Å². The highest BCUT2D eigenvalue weighted by molar-refractivity contribution is 6.32. The summed E-state index contributed by atoms with van der Waals surface area (Å²) in [5, 5.41) is 4.55. The van der Waals surface area contributed by atoms with E-state index in [1.807, 2.05) is 24.3 Å². The van der Waals surface area contributed by atoms with Gasteiger partial charge in [0.1, 0.15) is 10.8 Å². The molecule has 0 unspecified atom stereocenters. The van der Waals surface area contributed by atoms with Crippen LogP contribution in [0.1, 0.15) is 12.8 Å². The maximum atomic E-state index is 6.07. The van der Waals surface area contributed by atoms with Gasteiger partial charge in [-0.15, -0.1) is 0 Å². The zero-order valence-corrected chi connectivity index (χ0v) is 11.0. The van der Waals surface area contributed by atoms with Crippen LogP contribution in [0.5, 0.6) is 0 Å². The highest BCUT2D eigenvalue weighted by atomic mass is 35.5. The smallest absolute Gasteiger partial charge is 0.161 e. The van der Waals surface area contributed by atoms with Crippen molar-refractivity contribution in [2.24, 2.45) is 0 Å². The first-order valence-corrected chi connectivity index (χ1v) is 6.53. The van der Waals surface area contributed by atoms with Crippen molar-refractivity contribution in [3.63, 3.8) is 0 Å². The van der Waals surface area contributed by atoms with E-state index < -0.39 is 0 Å². The van der Waals surface area contributed by atoms with Gasteiger partial charge in [-0.1, -0.05) is 23.2 Å². The number of nitrogens with one attached hydrogen (secondary N) is 1. The number of benzene rings is 1. The fourth-order valence-electron chi connectivity index (χ4n) is 1.63. The van der Waals surface area contributed by atoms with E-state index in [9.17, 15) is 0 Å². The molecule has 0 saturated heterocycles. The second-order valence-electron chi connectivity index (χ2n) is 4.32. The summed E-state index contributed by atoms with van der Waals surface area (Å²) in [5.74, 6) is 1.36. The van der Waals surface area contributed by atoms with Crippen LogP contribution in [0.2, 0.25) is 10.0 Å². The minimum atomic E-state index is 0.510. The van der Waals surface area contributed by atoms with Gasteiger partial charge >= 0.3 is 0 Å². The molecule has 1 heterocycles. The molecule has 0 amide bonds. The lowest BCUT2D eigenvalue weighted by molar-refractivity contribution is 1.09. The van der Waals surface area contributed by atoms with Crippen LogP contribution in [0.3, 0.4) is 0 Å². The summed E-state index contributed by atoms with van der Waals surface area (Å²) in [6.07, 6.45) is 3.98. The van der Waals surface area contributed by atoms with Crippen molar-refractivity contribution in [1.82, 2.24) is 9.97 Å². The van der Waals surface area contributed by atoms with E-state index in [1.54, 1.807) is 6.20 Å². The molecular formula is C13H11Cl2N3. The largest absolute Gasteiger partial charge is 0.366 e. The molecule has 0 atom stereocenters. The number of nitrogens with zero attached hydrogens (tertiary/aromatic N) is 2. The minimum Gasteiger partial charge on any atom is -0.366 e. The average Bonchev–Trinajstić information content (AvgIpc) is 3.17. The molecule has 1 aromatic carbocycles. The summed E-state index contributed by atoms with van der Waals surface area (Å²) in [4.78, 5) is 8.70. The lowest BCUT2D eigenvalue weighted by Gasteiger charge is -2.07. The minimum absolute atomic E-state index is 0.510. The molecule has 0 aliphatic heterocycles. The number of anilines is 1. The summed E-state index contributed by atoms with van der Waals surface area (Å²) in [7, 11) is 0. The molecule has 1 aliphatic rings. The Morgan fingerprint density at radius 3 is 2.50 bits per heavy atom. The highest BCUT2D eigenvalue weighted by Crippen LogP contribution is 2.29. The molecule has 2 aromatic rings. The predicted molar refractivity (Wildman–Crippen MR) is 74.1 cm³/mol. The highest BCUT2D eigenvalue weighted by Gasteiger charge is 2.22. The van der Waals surface area contributed by atoms with Crippen molar-refractivity contribution in [3.8, 4) is 11.4 Å². The molecule has 0 spiro atoms. The van der Waals surface area contributed by atoms with Crippen LogP contribution < -0.4 is 5.32 Å². The molecule has 0 bridgehead atoms. The van der Waals surface area contributed by atoms with Crippen molar-refractivity contribution >= 4 is 29.0 Å². The second kappa shape index (κ2) is 4.75. The lowest BCUT2D eigenvalue weighted by atomic mass is 10.2. The van der Waals surface area contributed by atoms with E-state index in [0.29, 0.717) is 27.7 Å². The Kier molecular flexibility index (Phi) is 3.10. The molecule has 5 heteroatoms. The van der Waals surface area contributed by atoms with Gasteiger partial charge in [0.25, 0.3) is 0 Å². The molecule has 3 nitrogen and oxygen atoms in total. The van der Waals surface area contributed by atoms with E-state index >= 15 is 0 Å². The van der Waals surface area contributed by atoms with Crippen LogP contribution in [0.15, 0.2) is 30.5 Å². The van der Waals surface area contributed by atoms with Crippen molar-refractivity contribution in [2.45, 2.75) is 18.9 Å². The number of aromatic nitrogens is 2. The zero-order valence-electron chi connectivity index (χ0n) is 9.53. The van der Waals surface area contributed by atoms with E-state index in [1.165, 1.54) is 12.8 Å². The molecule has 1 aliphatic carbocycles. The molecule has 1 aromatic heterocycles. The quantitative estimate of drug-likeness (QED) is 0.922. The average molecular weight is 280 g/mol. The zero-order chi connectivity index (χ0) is 12.5. The van der Waals surface area contributed by atoms with Gasteiger partial charge in [0, 0.05) is 16.6 Å². The van der Waals surface area contributed by atoms with Crippen LogP contribution in [-0.2, 0) is 0 Å². The Hall–Kier alpha value is -1.32. The van der Waals surface area contributed by atoms with Gasteiger partial charge in [-0.05, 0) is 37.1 Å². The van der Waals surface area contributed by atoms with Gasteiger partial charge < -0.3 is 5.32 Å². The van der Waals surface area contributed by atoms with Crippen LogP contribution in [-0.4, -0.2) is 16.0 Å². The first-order chi connectivity index (χ1) is 8.72. The van der Waals surface area contributed by atoms with Gasteiger partial charge in [0.15, 0.2) is 5.82 Å². The van der Waals surface area contributed by atoms with Gasteiger partial charge in [0.05, 0.1) is 6.20 Å². The van der Waals surface area contributed by atoms with E-state index in [-0.39, 0.29) is 0 Å². The SMILES string of the molecule is Clc1ccc(-c2ncc(Cl)c(NC3CC3)n2)cc1. The molecule has 1 fully saturated rings. The van der Waals surface area contributed by atoms with Crippen molar-refractivity contribution in [3.05, 3.63) is 40.5 Å². The molecule has 18 heavy (non-hydrogen) atoms. The maximum absolute atomic E-state index is 6.07. The van der Waals surface area contributed by atoms with E-state index in [2.05, 4.69) is 15.3 Å². The first kappa shape index (κ1) is 11.8. The summed E-state index contributed by atoms with van der Waals surface area (Å²) >= 11 is 11.9. The molecule has 0 radical (unpaired) electrons. The number of hydrogen-bond donors (Lipinski definition) is 1. The Morgan fingerprint density at radius 1 is 1.11 bits per heavy atom. The third kappa shape index (κ3) is 2.57. The topological polar surface area (TPSA) is 37.8 Å². The summed E-state index contributed by atoms with van der Waals surface area (Å²) in [6.45, 7) is 0. The van der Waals surface area contributed by atoms with Gasteiger partial charge in [-0.2, -0.15) is 0 Å². The monoisotopic (exact) mass is 279 g/mol. The molecule has 3 rings (SSSR count). The summed E-state index contributed by atoms with van der Waals surface area (Å²) in [6, 6.07) is 7.94. The Morgan fingerprint density at radius 2 is 1.83 bits per heavy atom. The maximum Gasteiger partial charge on any atom is 0.161 e. The van der Waals surface area contributed by atoms with Crippen LogP contribution in [0.25, 0.3) is 11.4 Å². The lowest BCUT2D eigenvalue weighted by Crippen LogP contribution is -2.05. The summed E-state index contributed by atoms with van der Waals surface area (Å²) in [5.41, 5.74) is 0.926. The van der Waals surface area contributed by atoms with Crippen LogP contribution >= 0.6 is 23.2 Å².